The Morgan fingerprint density at radius 3 is 3.05 bits per heavy atom. The smallest absolute Gasteiger partial charge is 0.150 e. The SMILES string of the molecule is Nc1cc(F)c(NCCc2ccsc2)c2ncccc12. The van der Waals surface area contributed by atoms with E-state index < -0.39 is 0 Å². The predicted molar refractivity (Wildman–Crippen MR) is 82.6 cm³/mol. The molecule has 2 heterocycles. The number of fused-ring (bicyclic) bond motifs is 1. The molecule has 20 heavy (non-hydrogen) atoms. The number of pyridine rings is 1. The summed E-state index contributed by atoms with van der Waals surface area (Å²) < 4.78 is 14.1. The van der Waals surface area contributed by atoms with Crippen molar-refractivity contribution in [2.75, 3.05) is 17.6 Å². The molecule has 3 rings (SSSR count). The lowest BCUT2D eigenvalue weighted by Crippen LogP contribution is -2.07. The maximum atomic E-state index is 14.1. The predicted octanol–water partition coefficient (Wildman–Crippen LogP) is 3.67. The standard InChI is InChI=1S/C15H14FN3S/c16-12-8-13(17)11-2-1-5-18-14(11)15(12)19-6-3-10-4-7-20-9-10/h1-2,4-5,7-9,19H,3,6,17H2. The average molecular weight is 287 g/mol. The lowest BCUT2D eigenvalue weighted by molar-refractivity contribution is 0.632. The first-order valence-corrected chi connectivity index (χ1v) is 7.27. The van der Waals surface area contributed by atoms with Gasteiger partial charge in [-0.05, 0) is 47.0 Å². The highest BCUT2D eigenvalue weighted by Crippen LogP contribution is 2.29. The molecule has 102 valence electrons. The molecule has 0 fully saturated rings. The fourth-order valence-electron chi connectivity index (χ4n) is 2.17. The van der Waals surface area contributed by atoms with Gasteiger partial charge in [0.1, 0.15) is 0 Å². The van der Waals surface area contributed by atoms with E-state index in [-0.39, 0.29) is 5.82 Å². The third kappa shape index (κ3) is 2.44. The number of nitrogens with two attached hydrogens (primary N) is 1. The number of thiophene rings is 1. The van der Waals surface area contributed by atoms with Crippen molar-refractivity contribution in [2.24, 2.45) is 0 Å². The molecule has 1 aromatic carbocycles. The van der Waals surface area contributed by atoms with E-state index in [0.29, 0.717) is 23.4 Å². The maximum Gasteiger partial charge on any atom is 0.150 e. The minimum absolute atomic E-state index is 0.362. The Morgan fingerprint density at radius 2 is 2.25 bits per heavy atom. The fraction of sp³-hybridized carbons (Fsp3) is 0.133. The number of anilines is 2. The number of rotatable bonds is 4. The Bertz CT molecular complexity index is 725. The number of aromatic nitrogens is 1. The molecule has 0 atom stereocenters. The van der Waals surface area contributed by atoms with E-state index in [4.69, 9.17) is 5.73 Å². The third-order valence-corrected chi connectivity index (χ3v) is 3.90. The van der Waals surface area contributed by atoms with Crippen molar-refractivity contribution in [2.45, 2.75) is 6.42 Å². The highest BCUT2D eigenvalue weighted by atomic mass is 32.1. The molecule has 3 N–H and O–H groups in total. The summed E-state index contributed by atoms with van der Waals surface area (Å²) in [6, 6.07) is 7.06. The van der Waals surface area contributed by atoms with Gasteiger partial charge in [0.05, 0.1) is 11.2 Å². The van der Waals surface area contributed by atoms with Crippen molar-refractivity contribution in [3.63, 3.8) is 0 Å². The number of nitrogens with zero attached hydrogens (tertiary/aromatic N) is 1. The lowest BCUT2D eigenvalue weighted by Gasteiger charge is -2.11. The molecule has 2 aromatic heterocycles. The number of nitrogens with one attached hydrogen (secondary N) is 1. The topological polar surface area (TPSA) is 50.9 Å². The maximum absolute atomic E-state index is 14.1. The zero-order valence-corrected chi connectivity index (χ0v) is 11.6. The zero-order valence-electron chi connectivity index (χ0n) is 10.8. The molecule has 0 saturated carbocycles. The molecule has 0 amide bonds. The van der Waals surface area contributed by atoms with Crippen LogP contribution in [0, 0.1) is 5.82 Å². The molecule has 0 aliphatic heterocycles. The second kappa shape index (κ2) is 5.46. The van der Waals surface area contributed by atoms with Crippen molar-refractivity contribution in [1.29, 1.82) is 0 Å². The molecule has 5 heteroatoms. The van der Waals surface area contributed by atoms with Crippen LogP contribution in [0.4, 0.5) is 15.8 Å². The van der Waals surface area contributed by atoms with E-state index in [1.807, 2.05) is 11.4 Å². The van der Waals surface area contributed by atoms with E-state index in [1.165, 1.54) is 11.6 Å². The Morgan fingerprint density at radius 1 is 1.35 bits per heavy atom. The van der Waals surface area contributed by atoms with Crippen LogP contribution in [0.15, 0.2) is 41.2 Å². The van der Waals surface area contributed by atoms with Crippen LogP contribution >= 0.6 is 11.3 Å². The van der Waals surface area contributed by atoms with Crippen molar-refractivity contribution in [1.82, 2.24) is 4.98 Å². The summed E-state index contributed by atoms with van der Waals surface area (Å²) >= 11 is 1.66. The number of hydrogen-bond donors (Lipinski definition) is 2. The Labute approximate surface area is 120 Å². The van der Waals surface area contributed by atoms with Crippen LogP contribution in [0.25, 0.3) is 10.9 Å². The van der Waals surface area contributed by atoms with Crippen LogP contribution in [-0.2, 0) is 6.42 Å². The van der Waals surface area contributed by atoms with Crippen LogP contribution in [0.1, 0.15) is 5.56 Å². The molecule has 0 unspecified atom stereocenters. The van der Waals surface area contributed by atoms with Crippen LogP contribution in [-0.4, -0.2) is 11.5 Å². The quantitative estimate of drug-likeness (QED) is 0.720. The van der Waals surface area contributed by atoms with Gasteiger partial charge in [0.15, 0.2) is 5.82 Å². The first-order valence-electron chi connectivity index (χ1n) is 6.33. The van der Waals surface area contributed by atoms with Gasteiger partial charge in [0.2, 0.25) is 0 Å². The molecule has 0 aliphatic carbocycles. The highest BCUT2D eigenvalue weighted by molar-refractivity contribution is 7.07. The van der Waals surface area contributed by atoms with Crippen LogP contribution < -0.4 is 11.1 Å². The third-order valence-electron chi connectivity index (χ3n) is 3.17. The summed E-state index contributed by atoms with van der Waals surface area (Å²) in [4.78, 5) is 4.24. The van der Waals surface area contributed by atoms with Gasteiger partial charge in [0.25, 0.3) is 0 Å². The Kier molecular flexibility index (Phi) is 3.52. The average Bonchev–Trinajstić information content (AvgIpc) is 2.96. The van der Waals surface area contributed by atoms with Crippen molar-refractivity contribution >= 4 is 33.6 Å². The molecular formula is C15H14FN3S. The van der Waals surface area contributed by atoms with E-state index in [9.17, 15) is 4.39 Å². The monoisotopic (exact) mass is 287 g/mol. The molecule has 0 radical (unpaired) electrons. The van der Waals surface area contributed by atoms with Gasteiger partial charge < -0.3 is 11.1 Å². The lowest BCUT2D eigenvalue weighted by atomic mass is 10.1. The number of benzene rings is 1. The van der Waals surface area contributed by atoms with E-state index in [2.05, 4.69) is 21.7 Å². The van der Waals surface area contributed by atoms with Gasteiger partial charge in [-0.3, -0.25) is 4.98 Å². The summed E-state index contributed by atoms with van der Waals surface area (Å²) in [6.07, 6.45) is 2.49. The number of halogens is 1. The van der Waals surface area contributed by atoms with Crippen LogP contribution in [0.3, 0.4) is 0 Å². The van der Waals surface area contributed by atoms with Gasteiger partial charge in [0, 0.05) is 23.8 Å². The fourth-order valence-corrected chi connectivity index (χ4v) is 2.88. The van der Waals surface area contributed by atoms with Gasteiger partial charge in [-0.1, -0.05) is 0 Å². The molecule has 3 nitrogen and oxygen atoms in total. The molecule has 0 bridgehead atoms. The van der Waals surface area contributed by atoms with Gasteiger partial charge >= 0.3 is 0 Å². The first kappa shape index (κ1) is 12.9. The summed E-state index contributed by atoms with van der Waals surface area (Å²) in [7, 11) is 0. The van der Waals surface area contributed by atoms with Gasteiger partial charge in [-0.25, -0.2) is 4.39 Å². The molecular weight excluding hydrogens is 273 g/mol. The zero-order chi connectivity index (χ0) is 13.9. The van der Waals surface area contributed by atoms with Crippen molar-refractivity contribution in [3.05, 3.63) is 52.6 Å². The summed E-state index contributed by atoms with van der Waals surface area (Å²) in [5.41, 5.74) is 8.48. The molecule has 0 aliphatic rings. The summed E-state index contributed by atoms with van der Waals surface area (Å²) in [5, 5.41) is 8.04. The highest BCUT2D eigenvalue weighted by Gasteiger charge is 2.11. The van der Waals surface area contributed by atoms with E-state index in [1.54, 1.807) is 23.6 Å². The van der Waals surface area contributed by atoms with Gasteiger partial charge in [-0.2, -0.15) is 11.3 Å². The minimum atomic E-state index is -0.362. The summed E-state index contributed by atoms with van der Waals surface area (Å²) in [5.74, 6) is -0.362. The van der Waals surface area contributed by atoms with Crippen molar-refractivity contribution in [3.8, 4) is 0 Å². The Hall–Kier alpha value is -2.14. The Balaban J connectivity index is 1.87. The largest absolute Gasteiger partial charge is 0.398 e. The normalized spacial score (nSPS) is 10.8. The number of hydrogen-bond acceptors (Lipinski definition) is 4. The second-order valence-corrected chi connectivity index (χ2v) is 5.31. The molecule has 3 aromatic rings. The molecule has 0 saturated heterocycles. The van der Waals surface area contributed by atoms with E-state index in [0.717, 1.165) is 11.8 Å². The van der Waals surface area contributed by atoms with Gasteiger partial charge in [-0.15, -0.1) is 0 Å². The van der Waals surface area contributed by atoms with E-state index >= 15 is 0 Å². The van der Waals surface area contributed by atoms with Crippen LogP contribution in [0.2, 0.25) is 0 Å². The first-order chi connectivity index (χ1) is 9.75. The minimum Gasteiger partial charge on any atom is -0.398 e. The van der Waals surface area contributed by atoms with Crippen LogP contribution in [0.5, 0.6) is 0 Å². The second-order valence-electron chi connectivity index (χ2n) is 4.53. The van der Waals surface area contributed by atoms with Crippen molar-refractivity contribution < 1.29 is 4.39 Å². The summed E-state index contributed by atoms with van der Waals surface area (Å²) in [6.45, 7) is 0.656. The number of nitrogen functional groups attached to an aromatic ring is 1. The molecule has 0 spiro atoms.